The largest absolute Gasteiger partial charge is 0.314 e. The molecule has 2 fully saturated rings. The van der Waals surface area contributed by atoms with E-state index in [4.69, 9.17) is 0 Å². The Morgan fingerprint density at radius 3 is 2.67 bits per heavy atom. The molecule has 1 nitrogen and oxygen atoms in total. The summed E-state index contributed by atoms with van der Waals surface area (Å²) in [6, 6.07) is 10.1. The highest BCUT2D eigenvalue weighted by molar-refractivity contribution is 5.27. The smallest absolute Gasteiger partial charge is 0.0108 e. The first-order chi connectivity index (χ1) is 8.92. The SMILES string of the molecule is c1cc(CC2CCCN2)cc(C2CCCCC2)c1. The monoisotopic (exact) mass is 243 g/mol. The van der Waals surface area contributed by atoms with Gasteiger partial charge in [-0.2, -0.15) is 0 Å². The highest BCUT2D eigenvalue weighted by atomic mass is 14.9. The molecule has 1 unspecified atom stereocenters. The van der Waals surface area contributed by atoms with Crippen molar-refractivity contribution in [3.63, 3.8) is 0 Å². The molecule has 0 amide bonds. The second kappa shape index (κ2) is 5.88. The predicted molar refractivity (Wildman–Crippen MR) is 77.0 cm³/mol. The summed E-state index contributed by atoms with van der Waals surface area (Å²) in [6.45, 7) is 1.22. The quantitative estimate of drug-likeness (QED) is 0.845. The number of hydrogen-bond acceptors (Lipinski definition) is 1. The van der Waals surface area contributed by atoms with Crippen molar-refractivity contribution in [2.45, 2.75) is 63.3 Å². The van der Waals surface area contributed by atoms with Crippen molar-refractivity contribution in [3.8, 4) is 0 Å². The van der Waals surface area contributed by atoms with Crippen molar-refractivity contribution in [3.05, 3.63) is 35.4 Å². The molecule has 1 aromatic rings. The highest BCUT2D eigenvalue weighted by Gasteiger charge is 2.17. The van der Waals surface area contributed by atoms with Gasteiger partial charge in [-0.1, -0.05) is 43.5 Å². The maximum atomic E-state index is 3.60. The molecular weight excluding hydrogens is 218 g/mol. The molecule has 3 rings (SSSR count). The van der Waals surface area contributed by atoms with E-state index in [1.54, 1.807) is 5.56 Å². The van der Waals surface area contributed by atoms with E-state index in [2.05, 4.69) is 29.6 Å². The fourth-order valence-electron chi connectivity index (χ4n) is 3.63. The van der Waals surface area contributed by atoms with Crippen molar-refractivity contribution < 1.29 is 0 Å². The van der Waals surface area contributed by atoms with Crippen LogP contribution >= 0.6 is 0 Å². The van der Waals surface area contributed by atoms with Gasteiger partial charge in [0.2, 0.25) is 0 Å². The number of rotatable bonds is 3. The molecule has 0 aromatic heterocycles. The standard InChI is InChI=1S/C17H25N/c1-2-7-15(8-3-1)16-9-4-6-14(12-16)13-17-10-5-11-18-17/h4,6,9,12,15,17-18H,1-3,5,7-8,10-11,13H2. The van der Waals surface area contributed by atoms with E-state index >= 15 is 0 Å². The molecule has 1 aliphatic carbocycles. The van der Waals surface area contributed by atoms with Crippen LogP contribution in [0.25, 0.3) is 0 Å². The van der Waals surface area contributed by atoms with Crippen LogP contribution in [0.5, 0.6) is 0 Å². The van der Waals surface area contributed by atoms with Crippen LogP contribution in [0.3, 0.4) is 0 Å². The molecule has 98 valence electrons. The van der Waals surface area contributed by atoms with Gasteiger partial charge >= 0.3 is 0 Å². The molecule has 1 atom stereocenters. The summed E-state index contributed by atoms with van der Waals surface area (Å²) < 4.78 is 0. The summed E-state index contributed by atoms with van der Waals surface area (Å²) in [6.07, 6.45) is 11.1. The zero-order valence-electron chi connectivity index (χ0n) is 11.3. The third kappa shape index (κ3) is 2.95. The molecule has 0 bridgehead atoms. The van der Waals surface area contributed by atoms with Gasteiger partial charge in [0.1, 0.15) is 0 Å². The lowest BCUT2D eigenvalue weighted by Crippen LogP contribution is -2.23. The molecule has 1 N–H and O–H groups in total. The summed E-state index contributed by atoms with van der Waals surface area (Å²) in [5.41, 5.74) is 3.14. The van der Waals surface area contributed by atoms with Gasteiger partial charge in [0.05, 0.1) is 0 Å². The Labute approximate surface area is 111 Å². The molecule has 2 aliphatic rings. The molecule has 1 heterocycles. The molecule has 1 aromatic carbocycles. The Kier molecular flexibility index (Phi) is 3.99. The average molecular weight is 243 g/mol. The Morgan fingerprint density at radius 2 is 1.89 bits per heavy atom. The van der Waals surface area contributed by atoms with Gasteiger partial charge in [0.25, 0.3) is 0 Å². The summed E-state index contributed by atoms with van der Waals surface area (Å²) in [4.78, 5) is 0. The van der Waals surface area contributed by atoms with E-state index in [0.717, 1.165) is 12.0 Å². The minimum Gasteiger partial charge on any atom is -0.314 e. The summed E-state index contributed by atoms with van der Waals surface area (Å²) in [5, 5.41) is 3.60. The molecular formula is C17H25N. The van der Waals surface area contributed by atoms with Crippen molar-refractivity contribution in [1.82, 2.24) is 5.32 Å². The lowest BCUT2D eigenvalue weighted by molar-refractivity contribution is 0.443. The maximum Gasteiger partial charge on any atom is 0.0108 e. The van der Waals surface area contributed by atoms with Crippen molar-refractivity contribution in [2.75, 3.05) is 6.54 Å². The van der Waals surface area contributed by atoms with Crippen LogP contribution in [-0.2, 0) is 6.42 Å². The first-order valence-electron chi connectivity index (χ1n) is 7.74. The van der Waals surface area contributed by atoms with E-state index < -0.39 is 0 Å². The van der Waals surface area contributed by atoms with Crippen LogP contribution in [0.1, 0.15) is 62.0 Å². The van der Waals surface area contributed by atoms with Crippen molar-refractivity contribution >= 4 is 0 Å². The number of nitrogens with one attached hydrogen (secondary N) is 1. The molecule has 18 heavy (non-hydrogen) atoms. The first kappa shape index (κ1) is 12.2. The zero-order chi connectivity index (χ0) is 12.2. The van der Waals surface area contributed by atoms with Crippen molar-refractivity contribution in [1.29, 1.82) is 0 Å². The van der Waals surface area contributed by atoms with Crippen LogP contribution in [0.15, 0.2) is 24.3 Å². The molecule has 0 spiro atoms. The fourth-order valence-corrected chi connectivity index (χ4v) is 3.63. The molecule has 1 saturated carbocycles. The molecule has 1 heteroatoms. The Balaban J connectivity index is 1.67. The Morgan fingerprint density at radius 1 is 1.00 bits per heavy atom. The van der Waals surface area contributed by atoms with Crippen LogP contribution in [0.2, 0.25) is 0 Å². The van der Waals surface area contributed by atoms with E-state index in [1.165, 1.54) is 63.5 Å². The average Bonchev–Trinajstić information content (AvgIpc) is 2.93. The fraction of sp³-hybridized carbons (Fsp3) is 0.647. The Hall–Kier alpha value is -0.820. The van der Waals surface area contributed by atoms with Gasteiger partial charge in [-0.3, -0.25) is 0 Å². The topological polar surface area (TPSA) is 12.0 Å². The van der Waals surface area contributed by atoms with Crippen molar-refractivity contribution in [2.24, 2.45) is 0 Å². The van der Waals surface area contributed by atoms with Gasteiger partial charge < -0.3 is 5.32 Å². The van der Waals surface area contributed by atoms with Crippen LogP contribution in [0.4, 0.5) is 0 Å². The lowest BCUT2D eigenvalue weighted by atomic mass is 9.83. The van der Waals surface area contributed by atoms with Gasteiger partial charge in [-0.05, 0) is 55.7 Å². The lowest BCUT2D eigenvalue weighted by Gasteiger charge is -2.22. The summed E-state index contributed by atoms with van der Waals surface area (Å²) >= 11 is 0. The van der Waals surface area contributed by atoms with E-state index in [1.807, 2.05) is 0 Å². The van der Waals surface area contributed by atoms with E-state index in [0.29, 0.717) is 0 Å². The summed E-state index contributed by atoms with van der Waals surface area (Å²) in [5.74, 6) is 0.843. The molecule has 1 saturated heterocycles. The normalized spacial score (nSPS) is 25.4. The van der Waals surface area contributed by atoms with Gasteiger partial charge in [-0.25, -0.2) is 0 Å². The summed E-state index contributed by atoms with van der Waals surface area (Å²) in [7, 11) is 0. The van der Waals surface area contributed by atoms with E-state index in [9.17, 15) is 0 Å². The second-order valence-corrected chi connectivity index (χ2v) is 6.08. The maximum absolute atomic E-state index is 3.60. The van der Waals surface area contributed by atoms with Gasteiger partial charge in [0, 0.05) is 6.04 Å². The third-order valence-corrected chi connectivity index (χ3v) is 4.67. The number of hydrogen-bond donors (Lipinski definition) is 1. The minimum atomic E-state index is 0.728. The van der Waals surface area contributed by atoms with Gasteiger partial charge in [0.15, 0.2) is 0 Å². The van der Waals surface area contributed by atoms with Crippen LogP contribution < -0.4 is 5.32 Å². The van der Waals surface area contributed by atoms with Gasteiger partial charge in [-0.15, -0.1) is 0 Å². The third-order valence-electron chi connectivity index (χ3n) is 4.67. The van der Waals surface area contributed by atoms with E-state index in [-0.39, 0.29) is 0 Å². The van der Waals surface area contributed by atoms with Crippen LogP contribution in [-0.4, -0.2) is 12.6 Å². The zero-order valence-corrected chi connectivity index (χ0v) is 11.3. The minimum absolute atomic E-state index is 0.728. The highest BCUT2D eigenvalue weighted by Crippen LogP contribution is 2.33. The molecule has 1 aliphatic heterocycles. The number of benzene rings is 1. The predicted octanol–water partition coefficient (Wildman–Crippen LogP) is 4.03. The first-order valence-corrected chi connectivity index (χ1v) is 7.74. The Bertz CT molecular complexity index is 373. The van der Waals surface area contributed by atoms with Crippen LogP contribution in [0, 0.1) is 0 Å². The molecule has 0 radical (unpaired) electrons. The second-order valence-electron chi connectivity index (χ2n) is 6.08.